The molecule has 130 valence electrons. The van der Waals surface area contributed by atoms with Crippen molar-refractivity contribution in [2.24, 2.45) is 0 Å². The summed E-state index contributed by atoms with van der Waals surface area (Å²) in [7, 11) is 0. The van der Waals surface area contributed by atoms with E-state index in [-0.39, 0.29) is 5.78 Å². The third-order valence-corrected chi connectivity index (χ3v) is 4.01. The van der Waals surface area contributed by atoms with Crippen LogP contribution >= 0.6 is 0 Å². The van der Waals surface area contributed by atoms with E-state index in [1.165, 1.54) is 0 Å². The highest BCUT2D eigenvalue weighted by Gasteiger charge is 2.08. The summed E-state index contributed by atoms with van der Waals surface area (Å²) in [4.78, 5) is 18.4. The molecule has 3 rings (SSSR count). The van der Waals surface area contributed by atoms with E-state index in [1.807, 2.05) is 36.4 Å². The third-order valence-electron chi connectivity index (χ3n) is 4.01. The lowest BCUT2D eigenvalue weighted by molar-refractivity contribution is -0.116. The Hall–Kier alpha value is -3.39. The smallest absolute Gasteiger partial charge is 0.145 e. The van der Waals surface area contributed by atoms with Gasteiger partial charge in [-0.2, -0.15) is 5.26 Å². The lowest BCUT2D eigenvalue weighted by Gasteiger charge is -2.10. The van der Waals surface area contributed by atoms with Crippen molar-refractivity contribution in [1.29, 1.82) is 5.26 Å². The zero-order valence-corrected chi connectivity index (χ0v) is 14.5. The Morgan fingerprint density at radius 2 is 1.96 bits per heavy atom. The summed E-state index contributed by atoms with van der Waals surface area (Å²) < 4.78 is 5.92. The van der Waals surface area contributed by atoms with E-state index in [0.717, 1.165) is 23.4 Å². The number of nitrogens with one attached hydrogen (secondary N) is 1. The number of hydrogen-bond donors (Lipinski definition) is 1. The Bertz CT molecular complexity index is 923. The van der Waals surface area contributed by atoms with Gasteiger partial charge in [0, 0.05) is 25.2 Å². The molecule has 0 radical (unpaired) electrons. The quantitative estimate of drug-likeness (QED) is 0.696. The van der Waals surface area contributed by atoms with Crippen molar-refractivity contribution in [3.8, 4) is 17.6 Å². The zero-order valence-electron chi connectivity index (χ0n) is 14.5. The molecule has 5 nitrogen and oxygen atoms in total. The van der Waals surface area contributed by atoms with Crippen molar-refractivity contribution in [2.75, 3.05) is 0 Å². The maximum absolute atomic E-state index is 11.1. The van der Waals surface area contributed by atoms with Gasteiger partial charge in [0.15, 0.2) is 0 Å². The van der Waals surface area contributed by atoms with Gasteiger partial charge in [0.1, 0.15) is 29.2 Å². The summed E-state index contributed by atoms with van der Waals surface area (Å²) in [6, 6.07) is 15.3. The number of Topliss-reactive ketones (excluding diaryl/α,β-unsaturated/α-hetero) is 1. The Balaban J connectivity index is 1.75. The molecule has 0 spiro atoms. The van der Waals surface area contributed by atoms with Gasteiger partial charge in [0.05, 0.1) is 5.56 Å². The molecule has 0 saturated heterocycles. The first-order valence-electron chi connectivity index (χ1n) is 8.41. The Labute approximate surface area is 152 Å². The summed E-state index contributed by atoms with van der Waals surface area (Å²) in [5.74, 6) is 2.21. The minimum Gasteiger partial charge on any atom is -0.456 e. The molecule has 1 heterocycles. The third kappa shape index (κ3) is 4.58. The van der Waals surface area contributed by atoms with E-state index in [1.54, 1.807) is 25.4 Å². The summed E-state index contributed by atoms with van der Waals surface area (Å²) in [5.41, 5.74) is 2.57. The first kappa shape index (κ1) is 17.4. The Morgan fingerprint density at radius 3 is 2.62 bits per heavy atom. The van der Waals surface area contributed by atoms with Crippen molar-refractivity contribution in [1.82, 2.24) is 9.97 Å². The number of H-pyrrole nitrogens is 1. The molecule has 1 aromatic heterocycles. The molecule has 0 amide bonds. The number of imidazole rings is 1. The van der Waals surface area contributed by atoms with Crippen LogP contribution in [-0.4, -0.2) is 15.8 Å². The first-order valence-corrected chi connectivity index (χ1v) is 8.41. The van der Waals surface area contributed by atoms with Gasteiger partial charge >= 0.3 is 0 Å². The fourth-order valence-electron chi connectivity index (χ4n) is 2.61. The molecular weight excluding hydrogens is 326 g/mol. The highest BCUT2D eigenvalue weighted by molar-refractivity contribution is 5.75. The van der Waals surface area contributed by atoms with E-state index < -0.39 is 0 Å². The fourth-order valence-corrected chi connectivity index (χ4v) is 2.61. The van der Waals surface area contributed by atoms with Gasteiger partial charge in [-0.25, -0.2) is 4.98 Å². The van der Waals surface area contributed by atoms with Crippen LogP contribution in [0.2, 0.25) is 0 Å². The molecule has 0 unspecified atom stereocenters. The highest BCUT2D eigenvalue weighted by atomic mass is 16.5. The normalized spacial score (nSPS) is 10.3. The lowest BCUT2D eigenvalue weighted by atomic mass is 10.1. The summed E-state index contributed by atoms with van der Waals surface area (Å²) >= 11 is 0. The summed E-state index contributed by atoms with van der Waals surface area (Å²) in [5, 5.41) is 9.33. The van der Waals surface area contributed by atoms with E-state index in [4.69, 9.17) is 4.74 Å². The lowest BCUT2D eigenvalue weighted by Crippen LogP contribution is -1.95. The minimum atomic E-state index is 0.178. The number of ketones is 1. The van der Waals surface area contributed by atoms with Crippen LogP contribution in [0.25, 0.3) is 0 Å². The average Bonchev–Trinajstić information content (AvgIpc) is 3.14. The molecule has 0 atom stereocenters. The minimum absolute atomic E-state index is 0.178. The van der Waals surface area contributed by atoms with Crippen LogP contribution in [0.5, 0.6) is 11.5 Å². The number of nitriles is 1. The Morgan fingerprint density at radius 1 is 1.19 bits per heavy atom. The van der Waals surface area contributed by atoms with Gasteiger partial charge in [-0.3, -0.25) is 0 Å². The number of rotatable bonds is 7. The number of aromatic nitrogens is 2. The van der Waals surface area contributed by atoms with Gasteiger partial charge in [0.2, 0.25) is 0 Å². The molecule has 2 aromatic carbocycles. The van der Waals surface area contributed by atoms with Crippen LogP contribution in [0.4, 0.5) is 0 Å². The fraction of sp³-hybridized carbons (Fsp3) is 0.190. The second-order valence-electron chi connectivity index (χ2n) is 6.10. The summed E-state index contributed by atoms with van der Waals surface area (Å²) in [6.07, 6.45) is 5.39. The largest absolute Gasteiger partial charge is 0.456 e. The number of aromatic amines is 1. The number of hydrogen-bond acceptors (Lipinski definition) is 4. The average molecular weight is 345 g/mol. The molecule has 0 bridgehead atoms. The summed E-state index contributed by atoms with van der Waals surface area (Å²) in [6.45, 7) is 1.59. The van der Waals surface area contributed by atoms with Crippen molar-refractivity contribution < 1.29 is 9.53 Å². The standard InChI is InChI=1S/C21H19N3O2/c1-15(25)2-3-16-5-8-19(9-6-16)26-20-12-17(4-7-18(20)14-22)13-21-23-10-11-24-21/h4-12H,2-3,13H2,1H3,(H,23,24). The van der Waals surface area contributed by atoms with Crippen LogP contribution in [0.15, 0.2) is 54.9 Å². The van der Waals surface area contributed by atoms with Gasteiger partial charge in [0.25, 0.3) is 0 Å². The van der Waals surface area contributed by atoms with E-state index in [2.05, 4.69) is 16.0 Å². The zero-order chi connectivity index (χ0) is 18.4. The monoisotopic (exact) mass is 345 g/mol. The van der Waals surface area contributed by atoms with Crippen LogP contribution < -0.4 is 4.74 Å². The predicted octanol–water partition coefficient (Wildman–Crippen LogP) is 4.19. The van der Waals surface area contributed by atoms with Crippen molar-refractivity contribution in [2.45, 2.75) is 26.2 Å². The second kappa shape index (κ2) is 8.13. The van der Waals surface area contributed by atoms with Gasteiger partial charge in [-0.15, -0.1) is 0 Å². The molecule has 0 aliphatic carbocycles. The molecule has 0 aliphatic rings. The number of benzene rings is 2. The van der Waals surface area contributed by atoms with Crippen LogP contribution in [0.1, 0.15) is 35.9 Å². The molecule has 3 aromatic rings. The van der Waals surface area contributed by atoms with Crippen LogP contribution in [-0.2, 0) is 17.6 Å². The second-order valence-corrected chi connectivity index (χ2v) is 6.10. The molecular formula is C21H19N3O2. The Kier molecular flexibility index (Phi) is 5.45. The number of aryl methyl sites for hydroxylation is 1. The van der Waals surface area contributed by atoms with Crippen molar-refractivity contribution in [3.05, 3.63) is 77.4 Å². The predicted molar refractivity (Wildman–Crippen MR) is 98.1 cm³/mol. The van der Waals surface area contributed by atoms with Crippen LogP contribution in [0, 0.1) is 11.3 Å². The maximum atomic E-state index is 11.1. The first-order chi connectivity index (χ1) is 12.6. The molecule has 0 aliphatic heterocycles. The topological polar surface area (TPSA) is 78.8 Å². The number of carbonyl (C=O) groups excluding carboxylic acids is 1. The van der Waals surface area contributed by atoms with Gasteiger partial charge in [-0.1, -0.05) is 18.2 Å². The van der Waals surface area contributed by atoms with E-state index >= 15 is 0 Å². The van der Waals surface area contributed by atoms with Crippen LogP contribution in [0.3, 0.4) is 0 Å². The van der Waals surface area contributed by atoms with E-state index in [0.29, 0.717) is 29.9 Å². The molecule has 1 N–H and O–H groups in total. The number of carbonyl (C=O) groups is 1. The van der Waals surface area contributed by atoms with Gasteiger partial charge < -0.3 is 14.5 Å². The van der Waals surface area contributed by atoms with Gasteiger partial charge in [-0.05, 0) is 48.7 Å². The number of ether oxygens (including phenoxy) is 1. The molecule has 26 heavy (non-hydrogen) atoms. The molecule has 0 saturated carbocycles. The van der Waals surface area contributed by atoms with Crippen molar-refractivity contribution >= 4 is 5.78 Å². The molecule has 5 heteroatoms. The maximum Gasteiger partial charge on any atom is 0.145 e. The van der Waals surface area contributed by atoms with Crippen molar-refractivity contribution in [3.63, 3.8) is 0 Å². The highest BCUT2D eigenvalue weighted by Crippen LogP contribution is 2.27. The SMILES string of the molecule is CC(=O)CCc1ccc(Oc2cc(Cc3ncc[nH]3)ccc2C#N)cc1. The number of nitrogens with zero attached hydrogens (tertiary/aromatic N) is 2. The molecule has 0 fully saturated rings. The van der Waals surface area contributed by atoms with E-state index in [9.17, 15) is 10.1 Å².